The van der Waals surface area contributed by atoms with Gasteiger partial charge in [-0.15, -0.1) is 5.10 Å². The molecule has 0 radical (unpaired) electrons. The van der Waals surface area contributed by atoms with E-state index in [9.17, 15) is 9.18 Å². The number of carbonyl (C=O) groups excluding carboxylic acids is 1. The van der Waals surface area contributed by atoms with Crippen LogP contribution in [0, 0.1) is 5.82 Å². The summed E-state index contributed by atoms with van der Waals surface area (Å²) in [6, 6.07) is 6.44. The predicted octanol–water partition coefficient (Wildman–Crippen LogP) is 1.93. The zero-order valence-corrected chi connectivity index (χ0v) is 12.5. The molecule has 0 fully saturated rings. The van der Waals surface area contributed by atoms with Crippen molar-refractivity contribution in [3.63, 3.8) is 0 Å². The average molecular weight is 314 g/mol. The summed E-state index contributed by atoms with van der Waals surface area (Å²) in [5.41, 5.74) is 0.928. The van der Waals surface area contributed by atoms with Gasteiger partial charge in [-0.2, -0.15) is 5.10 Å². The van der Waals surface area contributed by atoms with Crippen LogP contribution in [0.3, 0.4) is 0 Å². The Morgan fingerprint density at radius 2 is 2.13 bits per heavy atom. The molecule has 0 aliphatic rings. The van der Waals surface area contributed by atoms with Gasteiger partial charge < -0.3 is 0 Å². The summed E-state index contributed by atoms with van der Waals surface area (Å²) in [4.78, 5) is 16.1. The van der Waals surface area contributed by atoms with Gasteiger partial charge in [0.15, 0.2) is 0 Å². The zero-order chi connectivity index (χ0) is 16.2. The van der Waals surface area contributed by atoms with Gasteiger partial charge in [-0.05, 0) is 13.0 Å². The van der Waals surface area contributed by atoms with E-state index < -0.39 is 0 Å². The molecular formula is C15H15FN6O. The molecule has 0 spiro atoms. The molecule has 8 heteroatoms. The van der Waals surface area contributed by atoms with Crippen molar-refractivity contribution in [1.29, 1.82) is 0 Å². The van der Waals surface area contributed by atoms with Gasteiger partial charge in [-0.1, -0.05) is 18.2 Å². The number of amides is 1. The highest BCUT2D eigenvalue weighted by molar-refractivity contribution is 6.02. The maximum absolute atomic E-state index is 13.6. The first kappa shape index (κ1) is 14.9. The van der Waals surface area contributed by atoms with Gasteiger partial charge in [0.2, 0.25) is 5.95 Å². The second kappa shape index (κ2) is 6.39. The maximum atomic E-state index is 13.6. The summed E-state index contributed by atoms with van der Waals surface area (Å²) in [7, 11) is 0. The Morgan fingerprint density at radius 3 is 2.87 bits per heavy atom. The summed E-state index contributed by atoms with van der Waals surface area (Å²) >= 11 is 0. The number of nitrogens with zero attached hydrogens (tertiary/aromatic N) is 5. The molecule has 0 bridgehead atoms. The number of benzene rings is 1. The van der Waals surface area contributed by atoms with Gasteiger partial charge in [0.1, 0.15) is 12.1 Å². The van der Waals surface area contributed by atoms with Gasteiger partial charge in [-0.3, -0.25) is 14.8 Å². The Hall–Kier alpha value is -3.03. The third kappa shape index (κ3) is 3.42. The Bertz CT molecular complexity index is 825. The predicted molar refractivity (Wildman–Crippen MR) is 81.4 cm³/mol. The standard InChI is InChI=1S/C15H15FN6O/c1-2-21-9-12(7-18-21)14(23)19-15-17-10-22(20-15)8-11-5-3-4-6-13(11)16/h3-7,9-10H,2,8H2,1H3,(H,19,20,23). The van der Waals surface area contributed by atoms with E-state index in [1.807, 2.05) is 6.92 Å². The average Bonchev–Trinajstić information content (AvgIpc) is 3.19. The van der Waals surface area contributed by atoms with Crippen molar-refractivity contribution < 1.29 is 9.18 Å². The minimum atomic E-state index is -0.339. The molecule has 0 aliphatic carbocycles. The molecule has 1 aromatic carbocycles. The number of aromatic nitrogens is 5. The summed E-state index contributed by atoms with van der Waals surface area (Å²) in [5, 5.41) is 10.7. The van der Waals surface area contributed by atoms with E-state index in [-0.39, 0.29) is 24.2 Å². The number of hydrogen-bond donors (Lipinski definition) is 1. The van der Waals surface area contributed by atoms with Crippen LogP contribution in [-0.2, 0) is 13.1 Å². The van der Waals surface area contributed by atoms with Crippen molar-refractivity contribution in [3.05, 3.63) is 59.9 Å². The molecule has 23 heavy (non-hydrogen) atoms. The minimum Gasteiger partial charge on any atom is -0.289 e. The number of anilines is 1. The first-order valence-corrected chi connectivity index (χ1v) is 7.12. The Morgan fingerprint density at radius 1 is 1.30 bits per heavy atom. The highest BCUT2D eigenvalue weighted by Gasteiger charge is 2.11. The number of aryl methyl sites for hydroxylation is 1. The summed E-state index contributed by atoms with van der Waals surface area (Å²) in [6.45, 7) is 2.85. The van der Waals surface area contributed by atoms with Gasteiger partial charge >= 0.3 is 0 Å². The summed E-state index contributed by atoms with van der Waals surface area (Å²) < 4.78 is 16.7. The van der Waals surface area contributed by atoms with Crippen LogP contribution in [0.4, 0.5) is 10.3 Å². The lowest BCUT2D eigenvalue weighted by Gasteiger charge is -2.02. The van der Waals surface area contributed by atoms with Gasteiger partial charge in [-0.25, -0.2) is 14.1 Å². The highest BCUT2D eigenvalue weighted by atomic mass is 19.1. The van der Waals surface area contributed by atoms with Gasteiger partial charge in [0, 0.05) is 18.3 Å². The third-order valence-electron chi connectivity index (χ3n) is 3.27. The second-order valence-corrected chi connectivity index (χ2v) is 4.90. The van der Waals surface area contributed by atoms with E-state index in [4.69, 9.17) is 0 Å². The number of halogens is 1. The molecule has 3 aromatic rings. The van der Waals surface area contributed by atoms with Crippen molar-refractivity contribution >= 4 is 11.9 Å². The monoisotopic (exact) mass is 314 g/mol. The largest absolute Gasteiger partial charge is 0.289 e. The maximum Gasteiger partial charge on any atom is 0.261 e. The molecule has 3 rings (SSSR count). The molecule has 118 valence electrons. The van der Waals surface area contributed by atoms with Crippen LogP contribution in [0.25, 0.3) is 0 Å². The molecule has 0 aliphatic heterocycles. The highest BCUT2D eigenvalue weighted by Crippen LogP contribution is 2.09. The first-order chi connectivity index (χ1) is 11.2. The van der Waals surface area contributed by atoms with Crippen LogP contribution in [0.15, 0.2) is 43.0 Å². The minimum absolute atomic E-state index is 0.163. The zero-order valence-electron chi connectivity index (χ0n) is 12.5. The van der Waals surface area contributed by atoms with Crippen molar-refractivity contribution in [2.45, 2.75) is 20.0 Å². The van der Waals surface area contributed by atoms with Crippen LogP contribution in [0.1, 0.15) is 22.8 Å². The third-order valence-corrected chi connectivity index (χ3v) is 3.27. The molecule has 1 N–H and O–H groups in total. The van der Waals surface area contributed by atoms with Crippen LogP contribution < -0.4 is 5.32 Å². The molecule has 2 heterocycles. The van der Waals surface area contributed by atoms with Crippen molar-refractivity contribution in [3.8, 4) is 0 Å². The second-order valence-electron chi connectivity index (χ2n) is 4.90. The molecule has 1 amide bonds. The SMILES string of the molecule is CCn1cc(C(=O)Nc2ncn(Cc3ccccc3F)n2)cn1. The molecule has 0 saturated heterocycles. The normalized spacial score (nSPS) is 10.7. The van der Waals surface area contributed by atoms with E-state index in [1.165, 1.54) is 23.3 Å². The fourth-order valence-corrected chi connectivity index (χ4v) is 2.06. The number of hydrogen-bond acceptors (Lipinski definition) is 4. The topological polar surface area (TPSA) is 77.6 Å². The van der Waals surface area contributed by atoms with E-state index >= 15 is 0 Å². The van der Waals surface area contributed by atoms with Gasteiger partial charge in [0.05, 0.1) is 18.3 Å². The van der Waals surface area contributed by atoms with E-state index in [2.05, 4.69) is 20.5 Å². The quantitative estimate of drug-likeness (QED) is 0.780. The fourth-order valence-electron chi connectivity index (χ4n) is 2.06. The summed E-state index contributed by atoms with van der Waals surface area (Å²) in [6.07, 6.45) is 4.57. The number of carbonyl (C=O) groups is 1. The lowest BCUT2D eigenvalue weighted by Crippen LogP contribution is -2.13. The van der Waals surface area contributed by atoms with Crippen LogP contribution in [-0.4, -0.2) is 30.5 Å². The van der Waals surface area contributed by atoms with E-state index in [1.54, 1.807) is 29.1 Å². The molecular weight excluding hydrogens is 299 g/mol. The van der Waals surface area contributed by atoms with Gasteiger partial charge in [0.25, 0.3) is 5.91 Å². The number of rotatable bonds is 5. The van der Waals surface area contributed by atoms with E-state index in [0.717, 1.165) is 0 Å². The fraction of sp³-hybridized carbons (Fsp3) is 0.200. The Balaban J connectivity index is 1.67. The van der Waals surface area contributed by atoms with Crippen LogP contribution in [0.5, 0.6) is 0 Å². The number of nitrogens with one attached hydrogen (secondary N) is 1. The van der Waals surface area contributed by atoms with Crippen molar-refractivity contribution in [2.24, 2.45) is 0 Å². The lowest BCUT2D eigenvalue weighted by molar-refractivity contribution is 0.102. The molecule has 7 nitrogen and oxygen atoms in total. The summed E-state index contributed by atoms with van der Waals surface area (Å²) in [5.74, 6) is -0.482. The Labute approximate surface area is 131 Å². The van der Waals surface area contributed by atoms with Crippen molar-refractivity contribution in [1.82, 2.24) is 24.5 Å². The van der Waals surface area contributed by atoms with Crippen molar-refractivity contribution in [2.75, 3.05) is 5.32 Å². The van der Waals surface area contributed by atoms with Crippen LogP contribution >= 0.6 is 0 Å². The molecule has 0 unspecified atom stereocenters. The smallest absolute Gasteiger partial charge is 0.261 e. The first-order valence-electron chi connectivity index (χ1n) is 7.12. The molecule has 0 atom stereocenters. The Kier molecular flexibility index (Phi) is 4.13. The van der Waals surface area contributed by atoms with E-state index in [0.29, 0.717) is 17.7 Å². The molecule has 2 aromatic heterocycles. The van der Waals surface area contributed by atoms with Crippen LogP contribution in [0.2, 0.25) is 0 Å². The lowest BCUT2D eigenvalue weighted by atomic mass is 10.2. The molecule has 0 saturated carbocycles.